The first kappa shape index (κ1) is 21.6. The smallest absolute Gasteiger partial charge is 0.209 e. The van der Waals surface area contributed by atoms with Crippen molar-refractivity contribution in [2.75, 3.05) is 21.3 Å². The van der Waals surface area contributed by atoms with Crippen LogP contribution in [0.1, 0.15) is 19.4 Å². The Morgan fingerprint density at radius 2 is 1.74 bits per heavy atom. The number of nitrogens with zero attached hydrogens (tertiary/aromatic N) is 4. The highest BCUT2D eigenvalue weighted by atomic mass is 16.5. The van der Waals surface area contributed by atoms with Gasteiger partial charge in [0.05, 0.1) is 37.2 Å². The van der Waals surface area contributed by atoms with Crippen LogP contribution < -0.4 is 0 Å². The average Bonchev–Trinajstić information content (AvgIpc) is 2.98. The molecule has 2 aliphatic rings. The molecule has 6 nitrogen and oxygen atoms in total. The van der Waals surface area contributed by atoms with Crippen LogP contribution in [0.25, 0.3) is 0 Å². The molecule has 1 unspecified atom stereocenters. The SMILES string of the molecule is COC1=CC(/C(C#N)=C/C2=[N+](C)c3ccccc3C2(C)C)C(OC)=CC1=C(C#N)C#N. The number of allylic oxidation sites excluding steroid dienone is 4. The summed E-state index contributed by atoms with van der Waals surface area (Å²) in [6.45, 7) is 4.26. The first-order valence-electron chi connectivity index (χ1n) is 9.72. The summed E-state index contributed by atoms with van der Waals surface area (Å²) in [5, 5.41) is 28.6. The number of nitriles is 3. The van der Waals surface area contributed by atoms with E-state index < -0.39 is 5.92 Å². The Labute approximate surface area is 182 Å². The molecule has 0 saturated heterocycles. The third kappa shape index (κ3) is 3.52. The van der Waals surface area contributed by atoms with Crippen LogP contribution in [0.15, 0.2) is 70.7 Å². The van der Waals surface area contributed by atoms with Crippen molar-refractivity contribution < 1.29 is 14.0 Å². The van der Waals surface area contributed by atoms with Crippen molar-refractivity contribution >= 4 is 11.4 Å². The molecule has 0 radical (unpaired) electrons. The van der Waals surface area contributed by atoms with Gasteiger partial charge in [0, 0.05) is 23.3 Å². The van der Waals surface area contributed by atoms with Crippen LogP contribution >= 0.6 is 0 Å². The van der Waals surface area contributed by atoms with Crippen molar-refractivity contribution in [1.29, 1.82) is 15.8 Å². The van der Waals surface area contributed by atoms with E-state index in [1.165, 1.54) is 19.8 Å². The molecule has 1 aliphatic carbocycles. The van der Waals surface area contributed by atoms with Gasteiger partial charge in [-0.05, 0) is 26.0 Å². The fraction of sp³-hybridized carbons (Fsp3) is 0.280. The van der Waals surface area contributed by atoms with Crippen molar-refractivity contribution in [3.8, 4) is 18.2 Å². The number of ether oxygens (including phenoxy) is 2. The van der Waals surface area contributed by atoms with Crippen LogP contribution in [0, 0.1) is 39.9 Å². The van der Waals surface area contributed by atoms with Crippen molar-refractivity contribution in [2.24, 2.45) is 5.92 Å². The molecule has 3 rings (SSSR count). The summed E-state index contributed by atoms with van der Waals surface area (Å²) in [7, 11) is 4.96. The molecule has 0 bridgehead atoms. The van der Waals surface area contributed by atoms with Gasteiger partial charge in [-0.3, -0.25) is 0 Å². The Bertz CT molecular complexity index is 1210. The highest BCUT2D eigenvalue weighted by Gasteiger charge is 2.43. The standard InChI is InChI=1S/C25H23N4O2/c1-25(2)20-8-6-7-9-21(20)29(3)24(25)10-16(13-26)18-11-23(31-5)19(12-22(18)30-4)17(14-27)15-28/h6-12,18H,1-5H3/q+1/b16-10+. The van der Waals surface area contributed by atoms with Crippen molar-refractivity contribution in [3.05, 3.63) is 76.3 Å². The van der Waals surface area contributed by atoms with E-state index in [2.05, 4.69) is 36.6 Å². The predicted octanol–water partition coefficient (Wildman–Crippen LogP) is 4.18. The summed E-state index contributed by atoms with van der Waals surface area (Å²) < 4.78 is 13.1. The number of hydrogen-bond acceptors (Lipinski definition) is 5. The van der Waals surface area contributed by atoms with E-state index in [1.54, 1.807) is 12.2 Å². The van der Waals surface area contributed by atoms with Gasteiger partial charge < -0.3 is 9.47 Å². The van der Waals surface area contributed by atoms with Crippen molar-refractivity contribution in [1.82, 2.24) is 0 Å². The highest BCUT2D eigenvalue weighted by Crippen LogP contribution is 2.40. The van der Waals surface area contributed by atoms with E-state index in [4.69, 9.17) is 9.47 Å². The molecule has 1 atom stereocenters. The van der Waals surface area contributed by atoms with E-state index >= 15 is 0 Å². The summed E-state index contributed by atoms with van der Waals surface area (Å²) in [4.78, 5) is 0. The quantitative estimate of drug-likeness (QED) is 0.547. The first-order valence-corrected chi connectivity index (χ1v) is 9.72. The molecule has 31 heavy (non-hydrogen) atoms. The fourth-order valence-corrected chi connectivity index (χ4v) is 4.17. The third-order valence-corrected chi connectivity index (χ3v) is 5.82. The average molecular weight is 411 g/mol. The lowest BCUT2D eigenvalue weighted by Crippen LogP contribution is -2.27. The van der Waals surface area contributed by atoms with Crippen LogP contribution in [-0.4, -0.2) is 31.6 Å². The molecular formula is C25H23N4O2+. The largest absolute Gasteiger partial charge is 0.500 e. The molecule has 0 fully saturated rings. The number of benzene rings is 1. The molecule has 0 N–H and O–H groups in total. The number of methoxy groups -OCH3 is 2. The monoisotopic (exact) mass is 411 g/mol. The maximum Gasteiger partial charge on any atom is 0.209 e. The number of fused-ring (bicyclic) bond motifs is 1. The zero-order chi connectivity index (χ0) is 22.8. The Balaban J connectivity index is 2.16. The second-order valence-electron chi connectivity index (χ2n) is 7.77. The lowest BCUT2D eigenvalue weighted by atomic mass is 9.79. The summed E-state index contributed by atoms with van der Waals surface area (Å²) in [6.07, 6.45) is 5.21. The molecule has 0 amide bonds. The van der Waals surface area contributed by atoms with E-state index in [9.17, 15) is 15.8 Å². The Kier molecular flexibility index (Phi) is 5.82. The molecule has 1 aliphatic heterocycles. The van der Waals surface area contributed by atoms with Crippen LogP contribution in [0.2, 0.25) is 0 Å². The van der Waals surface area contributed by atoms with Gasteiger partial charge in [-0.15, -0.1) is 0 Å². The van der Waals surface area contributed by atoms with Gasteiger partial charge in [-0.1, -0.05) is 18.2 Å². The fourth-order valence-electron chi connectivity index (χ4n) is 4.17. The van der Waals surface area contributed by atoms with Gasteiger partial charge in [0.1, 0.15) is 36.3 Å². The van der Waals surface area contributed by atoms with E-state index in [1.807, 2.05) is 37.4 Å². The lowest BCUT2D eigenvalue weighted by Gasteiger charge is -2.23. The highest BCUT2D eigenvalue weighted by molar-refractivity contribution is 6.03. The maximum atomic E-state index is 10.0. The van der Waals surface area contributed by atoms with Crippen LogP contribution in [0.4, 0.5) is 5.69 Å². The minimum atomic E-state index is -0.507. The Hall–Kier alpha value is -4.08. The van der Waals surface area contributed by atoms with E-state index in [-0.39, 0.29) is 11.0 Å². The molecule has 1 heterocycles. The van der Waals surface area contributed by atoms with Gasteiger partial charge in [0.15, 0.2) is 5.71 Å². The lowest BCUT2D eigenvalue weighted by molar-refractivity contribution is -0.401. The summed E-state index contributed by atoms with van der Waals surface area (Å²) in [5.41, 5.74) is 3.74. The van der Waals surface area contributed by atoms with Gasteiger partial charge in [0.2, 0.25) is 5.69 Å². The second kappa shape index (κ2) is 8.34. The number of rotatable bonds is 4. The maximum absolute atomic E-state index is 10.0. The Morgan fingerprint density at radius 3 is 2.29 bits per heavy atom. The summed E-state index contributed by atoms with van der Waals surface area (Å²) >= 11 is 0. The zero-order valence-corrected chi connectivity index (χ0v) is 18.2. The summed E-state index contributed by atoms with van der Waals surface area (Å²) in [5.74, 6) is 0.313. The van der Waals surface area contributed by atoms with Crippen molar-refractivity contribution in [3.63, 3.8) is 0 Å². The van der Waals surface area contributed by atoms with Gasteiger partial charge in [0.25, 0.3) is 0 Å². The number of para-hydroxylation sites is 1. The second-order valence-corrected chi connectivity index (χ2v) is 7.77. The summed E-state index contributed by atoms with van der Waals surface area (Å²) in [6, 6.07) is 14.3. The van der Waals surface area contributed by atoms with Crippen LogP contribution in [0.5, 0.6) is 0 Å². The predicted molar refractivity (Wildman–Crippen MR) is 116 cm³/mol. The van der Waals surface area contributed by atoms with Gasteiger partial charge in [-0.2, -0.15) is 20.4 Å². The minimum Gasteiger partial charge on any atom is -0.500 e. The topological polar surface area (TPSA) is 92.8 Å². The minimum absolute atomic E-state index is 0.0786. The normalized spacial score (nSPS) is 19.4. The molecule has 0 aromatic heterocycles. The molecule has 154 valence electrons. The Morgan fingerprint density at radius 1 is 1.06 bits per heavy atom. The zero-order valence-electron chi connectivity index (χ0n) is 18.2. The number of hydrogen-bond donors (Lipinski definition) is 0. The van der Waals surface area contributed by atoms with E-state index in [0.717, 1.165) is 11.4 Å². The van der Waals surface area contributed by atoms with Crippen molar-refractivity contribution in [2.45, 2.75) is 19.3 Å². The van der Waals surface area contributed by atoms with Crippen LogP contribution in [0.3, 0.4) is 0 Å². The molecule has 1 aromatic rings. The third-order valence-electron chi connectivity index (χ3n) is 5.82. The molecule has 0 saturated carbocycles. The van der Waals surface area contributed by atoms with Crippen LogP contribution in [-0.2, 0) is 14.9 Å². The molecule has 6 heteroatoms. The molecule has 0 spiro atoms. The van der Waals surface area contributed by atoms with Gasteiger partial charge in [-0.25, -0.2) is 0 Å². The first-order chi connectivity index (χ1) is 14.8. The molecular weight excluding hydrogens is 388 g/mol. The van der Waals surface area contributed by atoms with E-state index in [0.29, 0.717) is 22.7 Å². The molecule has 1 aromatic carbocycles. The van der Waals surface area contributed by atoms with Gasteiger partial charge >= 0.3 is 0 Å².